The number of hydrogen-bond donors (Lipinski definition) is 4. The molecule has 2 rings (SSSR count). The van der Waals surface area contributed by atoms with Gasteiger partial charge in [-0.1, -0.05) is 0 Å². The van der Waals surface area contributed by atoms with Crippen LogP contribution in [0.25, 0.3) is 0 Å². The van der Waals surface area contributed by atoms with Gasteiger partial charge >= 0.3 is 11.4 Å². The minimum absolute atomic E-state index is 0.381. The molecule has 0 radical (unpaired) electrons. The van der Waals surface area contributed by atoms with Crippen molar-refractivity contribution in [3.8, 4) is 0 Å². The zero-order valence-corrected chi connectivity index (χ0v) is 9.04. The van der Waals surface area contributed by atoms with Gasteiger partial charge in [-0.3, -0.25) is 24.1 Å². The van der Waals surface area contributed by atoms with Crippen LogP contribution in [-0.4, -0.2) is 24.6 Å². The highest BCUT2D eigenvalue weighted by Gasteiger charge is 1.90. The quantitative estimate of drug-likeness (QED) is 0.447. The Morgan fingerprint density at radius 3 is 2.17 bits per heavy atom. The Morgan fingerprint density at radius 1 is 1.06 bits per heavy atom. The van der Waals surface area contributed by atoms with Crippen LogP contribution in [0.2, 0.25) is 0 Å². The molecule has 96 valence electrons. The van der Waals surface area contributed by atoms with E-state index in [4.69, 9.17) is 5.11 Å². The molecule has 0 aliphatic carbocycles. The van der Waals surface area contributed by atoms with Crippen molar-refractivity contribution >= 4 is 0 Å². The number of nitrogens with zero attached hydrogens (tertiary/aromatic N) is 1. The second kappa shape index (κ2) is 6.15. The molecule has 0 aromatic carbocycles. The predicted octanol–water partition coefficient (Wildman–Crippen LogP) is -2.45. The molecule has 18 heavy (non-hydrogen) atoms. The summed E-state index contributed by atoms with van der Waals surface area (Å²) in [5.41, 5.74) is -1.92. The van der Waals surface area contributed by atoms with E-state index in [9.17, 15) is 19.2 Å². The van der Waals surface area contributed by atoms with Crippen LogP contribution in [0.15, 0.2) is 43.7 Å². The number of aliphatic hydroxyl groups excluding tert-OH is 1. The van der Waals surface area contributed by atoms with Gasteiger partial charge in [0.15, 0.2) is 0 Å². The first-order valence-corrected chi connectivity index (χ1v) is 4.71. The molecule has 0 spiro atoms. The highest BCUT2D eigenvalue weighted by Crippen LogP contribution is 1.68. The first-order chi connectivity index (χ1) is 8.52. The number of aliphatic hydroxyl groups is 1. The molecule has 0 aliphatic rings. The summed E-state index contributed by atoms with van der Waals surface area (Å²) in [5.74, 6) is 0. The minimum atomic E-state index is -0.602. The van der Waals surface area contributed by atoms with E-state index in [1.54, 1.807) is 0 Å². The van der Waals surface area contributed by atoms with Crippen LogP contribution in [-0.2, 0) is 6.73 Å². The third-order valence-electron chi connectivity index (χ3n) is 1.74. The van der Waals surface area contributed by atoms with Gasteiger partial charge in [0.2, 0.25) is 0 Å². The molecule has 0 saturated heterocycles. The fourth-order valence-corrected chi connectivity index (χ4v) is 0.938. The standard InChI is InChI=1S/C5H6N2O3.C4H4N2O2/c8-3-7-2-1-4(9)6-5(7)10;7-3-1-2-5-4(8)6-3/h1-2,8H,3H2,(H,6,9,10);1-2H,(H2,5,6,7,8). The van der Waals surface area contributed by atoms with Gasteiger partial charge in [-0.05, 0) is 0 Å². The number of aromatic amines is 3. The lowest BCUT2D eigenvalue weighted by Crippen LogP contribution is -2.28. The lowest BCUT2D eigenvalue weighted by molar-refractivity contribution is 0.204. The Hall–Kier alpha value is -2.68. The maximum Gasteiger partial charge on any atom is 0.330 e. The van der Waals surface area contributed by atoms with Gasteiger partial charge in [-0.25, -0.2) is 9.59 Å². The summed E-state index contributed by atoms with van der Waals surface area (Å²) in [4.78, 5) is 47.7. The molecule has 2 heterocycles. The number of rotatable bonds is 1. The molecule has 0 aliphatic heterocycles. The Kier molecular flexibility index (Phi) is 4.58. The zero-order valence-electron chi connectivity index (χ0n) is 9.04. The van der Waals surface area contributed by atoms with Gasteiger partial charge in [-0.15, -0.1) is 0 Å². The number of aromatic nitrogens is 4. The molecule has 0 saturated carbocycles. The second-order valence-electron chi connectivity index (χ2n) is 3.02. The molecule has 9 heteroatoms. The topological polar surface area (TPSA) is 141 Å². The molecule has 0 atom stereocenters. The summed E-state index contributed by atoms with van der Waals surface area (Å²) < 4.78 is 0.974. The smallest absolute Gasteiger partial charge is 0.330 e. The van der Waals surface area contributed by atoms with Crippen molar-refractivity contribution in [3.63, 3.8) is 0 Å². The lowest BCUT2D eigenvalue weighted by Gasteiger charge is -1.95. The largest absolute Gasteiger partial charge is 0.376 e. The maximum atomic E-state index is 10.6. The van der Waals surface area contributed by atoms with Crippen molar-refractivity contribution < 1.29 is 5.11 Å². The molecule has 0 fully saturated rings. The minimum Gasteiger partial charge on any atom is -0.376 e. The van der Waals surface area contributed by atoms with Crippen molar-refractivity contribution in [1.29, 1.82) is 0 Å². The number of hydrogen-bond acceptors (Lipinski definition) is 5. The van der Waals surface area contributed by atoms with Gasteiger partial charge in [0, 0.05) is 24.5 Å². The predicted molar refractivity (Wildman–Crippen MR) is 61.2 cm³/mol. The second-order valence-corrected chi connectivity index (χ2v) is 3.02. The van der Waals surface area contributed by atoms with Crippen molar-refractivity contribution in [2.24, 2.45) is 0 Å². The van der Waals surface area contributed by atoms with Gasteiger partial charge in [0.05, 0.1) is 0 Å². The van der Waals surface area contributed by atoms with E-state index in [2.05, 4.69) is 4.98 Å². The third-order valence-corrected chi connectivity index (χ3v) is 1.74. The summed E-state index contributed by atoms with van der Waals surface area (Å²) in [6, 6.07) is 2.40. The van der Waals surface area contributed by atoms with Crippen LogP contribution in [0.5, 0.6) is 0 Å². The van der Waals surface area contributed by atoms with E-state index in [1.165, 1.54) is 18.5 Å². The van der Waals surface area contributed by atoms with Crippen LogP contribution < -0.4 is 22.5 Å². The summed E-state index contributed by atoms with van der Waals surface area (Å²) in [6.07, 6.45) is 2.52. The van der Waals surface area contributed by atoms with E-state index in [0.29, 0.717) is 0 Å². The Morgan fingerprint density at radius 2 is 1.72 bits per heavy atom. The third kappa shape index (κ3) is 4.06. The van der Waals surface area contributed by atoms with Crippen molar-refractivity contribution in [2.75, 3.05) is 0 Å². The number of nitrogens with one attached hydrogen (secondary N) is 3. The molecular weight excluding hydrogens is 244 g/mol. The van der Waals surface area contributed by atoms with Gasteiger partial charge in [-0.2, -0.15) is 0 Å². The van der Waals surface area contributed by atoms with Crippen molar-refractivity contribution in [3.05, 3.63) is 66.2 Å². The summed E-state index contributed by atoms with van der Waals surface area (Å²) in [7, 11) is 0. The fourth-order valence-electron chi connectivity index (χ4n) is 0.938. The average molecular weight is 254 g/mol. The average Bonchev–Trinajstić information content (AvgIpc) is 2.29. The molecule has 0 amide bonds. The highest BCUT2D eigenvalue weighted by molar-refractivity contribution is 4.81. The molecule has 9 nitrogen and oxygen atoms in total. The first kappa shape index (κ1) is 13.4. The van der Waals surface area contributed by atoms with Crippen LogP contribution in [0, 0.1) is 0 Å². The molecule has 2 aromatic rings. The molecular formula is C9H10N4O5. The normalized spacial score (nSPS) is 9.39. The lowest BCUT2D eigenvalue weighted by atomic mass is 10.6. The maximum absolute atomic E-state index is 10.6. The first-order valence-electron chi connectivity index (χ1n) is 4.71. The SMILES string of the molecule is O=c1cc[nH]c(=O)[nH]1.O=c1ccn(CO)c(=O)[nH]1. The Bertz CT molecular complexity index is 697. The van der Waals surface area contributed by atoms with Gasteiger partial charge in [0.1, 0.15) is 6.73 Å². The molecule has 4 N–H and O–H groups in total. The van der Waals surface area contributed by atoms with Crippen molar-refractivity contribution in [2.45, 2.75) is 6.73 Å². The van der Waals surface area contributed by atoms with Gasteiger partial charge < -0.3 is 10.1 Å². The monoisotopic (exact) mass is 254 g/mol. The van der Waals surface area contributed by atoms with E-state index in [0.717, 1.165) is 10.6 Å². The van der Waals surface area contributed by atoms with Crippen LogP contribution in [0.1, 0.15) is 0 Å². The van der Waals surface area contributed by atoms with Gasteiger partial charge in [0.25, 0.3) is 11.1 Å². The highest BCUT2D eigenvalue weighted by atomic mass is 16.3. The molecule has 2 aromatic heterocycles. The Labute approximate surface area is 98.4 Å². The Balaban J connectivity index is 0.000000184. The van der Waals surface area contributed by atoms with Crippen LogP contribution in [0.4, 0.5) is 0 Å². The van der Waals surface area contributed by atoms with E-state index >= 15 is 0 Å². The zero-order chi connectivity index (χ0) is 13.5. The summed E-state index contributed by atoms with van der Waals surface area (Å²) in [5, 5.41) is 8.45. The fraction of sp³-hybridized carbons (Fsp3) is 0.111. The van der Waals surface area contributed by atoms with Crippen LogP contribution >= 0.6 is 0 Å². The van der Waals surface area contributed by atoms with Crippen LogP contribution in [0.3, 0.4) is 0 Å². The van der Waals surface area contributed by atoms with Crippen molar-refractivity contribution in [1.82, 2.24) is 19.5 Å². The summed E-state index contributed by atoms with van der Waals surface area (Å²) >= 11 is 0. The molecule has 0 bridgehead atoms. The summed E-state index contributed by atoms with van der Waals surface area (Å²) in [6.45, 7) is -0.421. The van der Waals surface area contributed by atoms with E-state index in [1.807, 2.05) is 9.97 Å². The van der Waals surface area contributed by atoms with E-state index < -0.39 is 23.7 Å². The number of H-pyrrole nitrogens is 3. The molecule has 0 unspecified atom stereocenters. The van der Waals surface area contributed by atoms with E-state index in [-0.39, 0.29) is 5.56 Å².